The molecule has 0 aliphatic carbocycles. The molecule has 5 aromatic rings. The lowest BCUT2D eigenvalue weighted by molar-refractivity contribution is -0.384. The fourth-order valence-corrected chi connectivity index (χ4v) is 5.41. The second-order valence-corrected chi connectivity index (χ2v) is 10.5. The van der Waals surface area contributed by atoms with Crippen LogP contribution in [-0.4, -0.2) is 75.9 Å². The molecule has 0 saturated carbocycles. The van der Waals surface area contributed by atoms with E-state index in [4.69, 9.17) is 14.1 Å². The van der Waals surface area contributed by atoms with E-state index in [0.717, 1.165) is 36.9 Å². The molecule has 42 heavy (non-hydrogen) atoms. The number of hydrogen-bond acceptors (Lipinski definition) is 11. The molecule has 6 rings (SSSR count). The number of para-hydroxylation sites is 1. The molecule has 1 N–H and O–H groups in total. The molecule has 0 fully saturated rings. The molecule has 0 unspecified atom stereocenters. The lowest BCUT2D eigenvalue weighted by atomic mass is 10.0. The predicted octanol–water partition coefficient (Wildman–Crippen LogP) is 4.75. The van der Waals surface area contributed by atoms with Gasteiger partial charge in [0.2, 0.25) is 12.3 Å². The number of nitrogens with one attached hydrogen (secondary N) is 1. The largest absolute Gasteiger partial charge is 0.494 e. The third kappa shape index (κ3) is 4.98. The van der Waals surface area contributed by atoms with Gasteiger partial charge >= 0.3 is 0 Å². The minimum atomic E-state index is -0.398. The van der Waals surface area contributed by atoms with Gasteiger partial charge in [0.15, 0.2) is 0 Å². The number of aromatic nitrogens is 5. The molecular weight excluding hydrogens is 538 g/mol. The van der Waals surface area contributed by atoms with Crippen LogP contribution in [-0.2, 0) is 13.0 Å². The molecular formula is C29H31N9O4. The number of methoxy groups -OCH3 is 1. The predicted molar refractivity (Wildman–Crippen MR) is 159 cm³/mol. The monoisotopic (exact) mass is 569 g/mol. The summed E-state index contributed by atoms with van der Waals surface area (Å²) in [6, 6.07) is 9.42. The highest BCUT2D eigenvalue weighted by Gasteiger charge is 2.25. The summed E-state index contributed by atoms with van der Waals surface area (Å²) in [5.74, 6) is 0.953. The number of hydrogen-bond donors (Lipinski definition) is 1. The van der Waals surface area contributed by atoms with Crippen molar-refractivity contribution in [3.63, 3.8) is 0 Å². The maximum absolute atomic E-state index is 12.1. The SMILES string of the molecule is COc1cc(N(C)CCN(C)C)c([N+](=O)[O-])cc1Nc1ncc(-c2nnco2)c(-c2cn3c4c(cccc24)CCC3)n1. The zero-order valence-corrected chi connectivity index (χ0v) is 23.9. The van der Waals surface area contributed by atoms with Crippen molar-refractivity contribution in [1.29, 1.82) is 0 Å². The molecule has 0 spiro atoms. The maximum atomic E-state index is 12.1. The molecule has 1 aliphatic heterocycles. The fraction of sp³-hybridized carbons (Fsp3) is 0.310. The zero-order valence-electron chi connectivity index (χ0n) is 23.9. The van der Waals surface area contributed by atoms with Crippen LogP contribution in [0.3, 0.4) is 0 Å². The minimum Gasteiger partial charge on any atom is -0.494 e. The fourth-order valence-electron chi connectivity index (χ4n) is 5.41. The number of nitro benzene ring substituents is 1. The summed E-state index contributed by atoms with van der Waals surface area (Å²) < 4.78 is 13.4. The highest BCUT2D eigenvalue weighted by molar-refractivity contribution is 6.00. The van der Waals surface area contributed by atoms with Crippen LogP contribution in [0, 0.1) is 10.1 Å². The van der Waals surface area contributed by atoms with Gasteiger partial charge in [-0.2, -0.15) is 0 Å². The Labute approximate surface area is 241 Å². The second kappa shape index (κ2) is 11.1. The van der Waals surface area contributed by atoms with Crippen molar-refractivity contribution in [1.82, 2.24) is 29.6 Å². The number of ether oxygens (including phenoxy) is 1. The molecule has 0 atom stereocenters. The van der Waals surface area contributed by atoms with Gasteiger partial charge in [-0.15, -0.1) is 10.2 Å². The summed E-state index contributed by atoms with van der Waals surface area (Å²) in [4.78, 5) is 25.0. The van der Waals surface area contributed by atoms with E-state index >= 15 is 0 Å². The molecule has 0 radical (unpaired) electrons. The van der Waals surface area contributed by atoms with Crippen LogP contribution in [0.5, 0.6) is 5.75 Å². The molecule has 0 amide bonds. The van der Waals surface area contributed by atoms with Crippen LogP contribution < -0.4 is 15.0 Å². The van der Waals surface area contributed by atoms with Crippen molar-refractivity contribution in [2.75, 3.05) is 51.6 Å². The first kappa shape index (κ1) is 27.1. The van der Waals surface area contributed by atoms with Crippen molar-refractivity contribution in [2.24, 2.45) is 0 Å². The lowest BCUT2D eigenvalue weighted by Crippen LogP contribution is -2.28. The Morgan fingerprint density at radius 3 is 2.79 bits per heavy atom. The molecule has 13 nitrogen and oxygen atoms in total. The van der Waals surface area contributed by atoms with Crippen LogP contribution in [0.4, 0.5) is 23.0 Å². The van der Waals surface area contributed by atoms with Crippen LogP contribution in [0.2, 0.25) is 0 Å². The number of likely N-dealkylation sites (N-methyl/N-ethyl adjacent to an activating group) is 2. The van der Waals surface area contributed by atoms with Gasteiger partial charge in [0, 0.05) is 62.2 Å². The first-order chi connectivity index (χ1) is 20.3. The van der Waals surface area contributed by atoms with Crippen molar-refractivity contribution in [3.05, 3.63) is 64.8 Å². The van der Waals surface area contributed by atoms with Gasteiger partial charge in [0.05, 0.1) is 34.5 Å². The van der Waals surface area contributed by atoms with Crippen LogP contribution in [0.1, 0.15) is 12.0 Å². The highest BCUT2D eigenvalue weighted by atomic mass is 16.6. The van der Waals surface area contributed by atoms with E-state index in [9.17, 15) is 10.1 Å². The van der Waals surface area contributed by atoms with Gasteiger partial charge in [-0.3, -0.25) is 10.1 Å². The van der Waals surface area contributed by atoms with E-state index in [1.165, 1.54) is 30.6 Å². The van der Waals surface area contributed by atoms with E-state index in [1.807, 2.05) is 30.9 Å². The Kier molecular flexibility index (Phi) is 7.17. The molecule has 216 valence electrons. The van der Waals surface area contributed by atoms with E-state index in [-0.39, 0.29) is 11.6 Å². The van der Waals surface area contributed by atoms with Gasteiger partial charge in [0.25, 0.3) is 11.6 Å². The van der Waals surface area contributed by atoms with Crippen molar-refractivity contribution >= 4 is 33.9 Å². The van der Waals surface area contributed by atoms with Crippen LogP contribution in [0.15, 0.2) is 53.5 Å². The van der Waals surface area contributed by atoms with Crippen molar-refractivity contribution in [3.8, 4) is 28.5 Å². The third-order valence-corrected chi connectivity index (χ3v) is 7.50. The average molecular weight is 570 g/mol. The van der Waals surface area contributed by atoms with Crippen molar-refractivity contribution < 1.29 is 14.1 Å². The number of anilines is 3. The molecule has 3 aromatic heterocycles. The number of nitro groups is 1. The first-order valence-electron chi connectivity index (χ1n) is 13.6. The van der Waals surface area contributed by atoms with Gasteiger partial charge in [-0.1, -0.05) is 18.2 Å². The van der Waals surface area contributed by atoms with Gasteiger partial charge in [-0.25, -0.2) is 9.97 Å². The zero-order chi connectivity index (χ0) is 29.4. The maximum Gasteiger partial charge on any atom is 0.294 e. The lowest BCUT2D eigenvalue weighted by Gasteiger charge is -2.22. The van der Waals surface area contributed by atoms with E-state index in [1.54, 1.807) is 12.3 Å². The van der Waals surface area contributed by atoms with Crippen LogP contribution >= 0.6 is 0 Å². The quantitative estimate of drug-likeness (QED) is 0.184. The number of benzene rings is 2. The Morgan fingerprint density at radius 2 is 2.05 bits per heavy atom. The summed E-state index contributed by atoms with van der Waals surface area (Å²) in [7, 11) is 7.26. The summed E-state index contributed by atoms with van der Waals surface area (Å²) in [6.07, 6.45) is 7.07. The van der Waals surface area contributed by atoms with E-state index in [2.05, 4.69) is 49.5 Å². The molecule has 4 heterocycles. The van der Waals surface area contributed by atoms with Gasteiger partial charge in [-0.05, 0) is 32.5 Å². The Bertz CT molecular complexity index is 1770. The Balaban J connectivity index is 1.44. The summed E-state index contributed by atoms with van der Waals surface area (Å²) in [5.41, 5.74) is 5.34. The molecule has 0 saturated heterocycles. The minimum absolute atomic E-state index is 0.0590. The second-order valence-electron chi connectivity index (χ2n) is 10.5. The summed E-state index contributed by atoms with van der Waals surface area (Å²) in [5, 5.41) is 24.3. The highest BCUT2D eigenvalue weighted by Crippen LogP contribution is 2.41. The summed E-state index contributed by atoms with van der Waals surface area (Å²) in [6.45, 7) is 2.25. The molecule has 1 aliphatic rings. The van der Waals surface area contributed by atoms with Crippen LogP contribution in [0.25, 0.3) is 33.6 Å². The van der Waals surface area contributed by atoms with Crippen molar-refractivity contribution in [2.45, 2.75) is 19.4 Å². The van der Waals surface area contributed by atoms with Gasteiger partial charge < -0.3 is 28.8 Å². The number of nitrogens with zero attached hydrogens (tertiary/aromatic N) is 8. The number of rotatable bonds is 10. The normalized spacial score (nSPS) is 12.6. The van der Waals surface area contributed by atoms with Gasteiger partial charge in [0.1, 0.15) is 11.4 Å². The summed E-state index contributed by atoms with van der Waals surface area (Å²) >= 11 is 0. The number of aryl methyl sites for hydroxylation is 2. The third-order valence-electron chi connectivity index (χ3n) is 7.50. The standard InChI is InChI=1S/C29H31N9O4/c1-35(2)11-12-36(3)23-14-25(41-4)22(13-24(23)38(39)40)32-29-30-15-20(28-34-31-17-42-28)26(33-29)21-16-37-10-6-8-18-7-5-9-19(21)27(18)37/h5,7,9,13-17H,6,8,10-12H2,1-4H3,(H,30,32,33). The molecule has 2 aromatic carbocycles. The first-order valence-corrected chi connectivity index (χ1v) is 13.6. The Hall–Kier alpha value is -5.04. The molecule has 0 bridgehead atoms. The van der Waals surface area contributed by atoms with E-state index < -0.39 is 4.92 Å². The average Bonchev–Trinajstić information content (AvgIpc) is 3.66. The molecule has 13 heteroatoms. The van der Waals surface area contributed by atoms with E-state index in [0.29, 0.717) is 40.8 Å². The Morgan fingerprint density at radius 1 is 1.19 bits per heavy atom. The topological polar surface area (TPSA) is 141 Å². The smallest absolute Gasteiger partial charge is 0.294 e.